The molecule has 3 amide bonds. The van der Waals surface area contributed by atoms with Crippen LogP contribution in [0, 0.1) is 0 Å². The van der Waals surface area contributed by atoms with Crippen molar-refractivity contribution in [3.05, 3.63) is 24.3 Å². The molecular formula is C13H15N5O3S2. The summed E-state index contributed by atoms with van der Waals surface area (Å²) in [4.78, 5) is 23.0. The van der Waals surface area contributed by atoms with Crippen LogP contribution in [0.4, 0.5) is 15.6 Å². The molecule has 0 aliphatic rings. The number of thioether (sulfide) groups is 1. The summed E-state index contributed by atoms with van der Waals surface area (Å²) < 4.78 is 5.65. The molecule has 23 heavy (non-hydrogen) atoms. The van der Waals surface area contributed by atoms with Gasteiger partial charge in [0.1, 0.15) is 5.75 Å². The first-order valence-corrected chi connectivity index (χ1v) is 8.30. The molecule has 0 bridgehead atoms. The molecule has 0 aliphatic carbocycles. The Morgan fingerprint density at radius 1 is 1.22 bits per heavy atom. The minimum absolute atomic E-state index is 0.100. The summed E-state index contributed by atoms with van der Waals surface area (Å²) >= 11 is 2.46. The lowest BCUT2D eigenvalue weighted by atomic mass is 10.3. The number of ether oxygens (including phenoxy) is 1. The number of methoxy groups -OCH3 is 1. The SMILES string of the molecule is CNC(=O)CSc1nnc(NC(=O)Nc2ccc(OC)cc2)s1. The third-order valence-corrected chi connectivity index (χ3v) is 4.55. The molecule has 122 valence electrons. The molecule has 0 radical (unpaired) electrons. The molecular weight excluding hydrogens is 338 g/mol. The van der Waals surface area contributed by atoms with Crippen LogP contribution < -0.4 is 20.7 Å². The first-order chi connectivity index (χ1) is 11.1. The van der Waals surface area contributed by atoms with Crippen molar-refractivity contribution in [2.24, 2.45) is 0 Å². The van der Waals surface area contributed by atoms with E-state index < -0.39 is 6.03 Å². The van der Waals surface area contributed by atoms with Crippen LogP contribution in [0.2, 0.25) is 0 Å². The van der Waals surface area contributed by atoms with Crippen LogP contribution >= 0.6 is 23.1 Å². The van der Waals surface area contributed by atoms with Crippen LogP contribution in [0.1, 0.15) is 0 Å². The third-order valence-electron chi connectivity index (χ3n) is 2.58. The van der Waals surface area contributed by atoms with Crippen molar-refractivity contribution in [2.75, 3.05) is 30.5 Å². The number of benzene rings is 1. The number of anilines is 2. The zero-order valence-electron chi connectivity index (χ0n) is 12.5. The number of carbonyl (C=O) groups excluding carboxylic acids is 2. The molecule has 0 atom stereocenters. The van der Waals surface area contributed by atoms with Gasteiger partial charge < -0.3 is 15.4 Å². The first kappa shape index (κ1) is 17.0. The Morgan fingerprint density at radius 2 is 1.96 bits per heavy atom. The van der Waals surface area contributed by atoms with Gasteiger partial charge in [-0.3, -0.25) is 10.1 Å². The van der Waals surface area contributed by atoms with Crippen molar-refractivity contribution in [1.82, 2.24) is 15.5 Å². The van der Waals surface area contributed by atoms with Crippen molar-refractivity contribution in [2.45, 2.75) is 4.34 Å². The normalized spacial score (nSPS) is 10.0. The van der Waals surface area contributed by atoms with Crippen LogP contribution in [-0.2, 0) is 4.79 Å². The Morgan fingerprint density at radius 3 is 2.61 bits per heavy atom. The fourth-order valence-corrected chi connectivity index (χ4v) is 3.07. The molecule has 1 aromatic carbocycles. The van der Waals surface area contributed by atoms with Gasteiger partial charge in [0, 0.05) is 12.7 Å². The van der Waals surface area contributed by atoms with E-state index in [-0.39, 0.29) is 11.7 Å². The van der Waals surface area contributed by atoms with E-state index in [4.69, 9.17) is 4.74 Å². The Kier molecular flexibility index (Phi) is 6.18. The summed E-state index contributed by atoms with van der Waals surface area (Å²) in [6, 6.07) is 6.52. The lowest BCUT2D eigenvalue weighted by Crippen LogP contribution is -2.19. The van der Waals surface area contributed by atoms with Crippen LogP contribution in [0.3, 0.4) is 0 Å². The number of urea groups is 1. The summed E-state index contributed by atoms with van der Waals surface area (Å²) in [7, 11) is 3.14. The molecule has 0 saturated carbocycles. The number of nitrogens with zero attached hydrogens (tertiary/aromatic N) is 2. The lowest BCUT2D eigenvalue weighted by molar-refractivity contribution is -0.118. The van der Waals surface area contributed by atoms with Gasteiger partial charge in [-0.05, 0) is 24.3 Å². The second-order valence-electron chi connectivity index (χ2n) is 4.14. The van der Waals surface area contributed by atoms with Crippen LogP contribution in [-0.4, -0.2) is 42.0 Å². The number of amides is 3. The summed E-state index contributed by atoms with van der Waals surface area (Å²) in [6.45, 7) is 0. The molecule has 0 saturated heterocycles. The van der Waals surface area contributed by atoms with E-state index in [1.54, 1.807) is 38.4 Å². The minimum Gasteiger partial charge on any atom is -0.497 e. The average Bonchev–Trinajstić information content (AvgIpc) is 3.00. The molecule has 2 rings (SSSR count). The van der Waals surface area contributed by atoms with Gasteiger partial charge in [-0.2, -0.15) is 0 Å². The summed E-state index contributed by atoms with van der Waals surface area (Å²) in [6.07, 6.45) is 0. The number of rotatable bonds is 6. The Hall–Kier alpha value is -2.33. The maximum absolute atomic E-state index is 11.9. The van der Waals surface area contributed by atoms with E-state index >= 15 is 0 Å². The van der Waals surface area contributed by atoms with Gasteiger partial charge in [0.15, 0.2) is 4.34 Å². The van der Waals surface area contributed by atoms with E-state index in [1.807, 2.05) is 0 Å². The number of carbonyl (C=O) groups is 2. The maximum Gasteiger partial charge on any atom is 0.325 e. The average molecular weight is 353 g/mol. The van der Waals surface area contributed by atoms with Gasteiger partial charge in [0.2, 0.25) is 11.0 Å². The molecule has 1 aromatic heterocycles. The number of aromatic nitrogens is 2. The third kappa shape index (κ3) is 5.42. The first-order valence-electron chi connectivity index (χ1n) is 6.49. The van der Waals surface area contributed by atoms with E-state index in [1.165, 1.54) is 23.1 Å². The molecule has 2 aromatic rings. The van der Waals surface area contributed by atoms with Crippen molar-refractivity contribution in [3.63, 3.8) is 0 Å². The predicted molar refractivity (Wildman–Crippen MR) is 90.3 cm³/mol. The summed E-state index contributed by atoms with van der Waals surface area (Å²) in [5, 5.41) is 15.9. The largest absolute Gasteiger partial charge is 0.497 e. The molecule has 0 aliphatic heterocycles. The van der Waals surface area contributed by atoms with Crippen LogP contribution in [0.5, 0.6) is 5.75 Å². The smallest absolute Gasteiger partial charge is 0.325 e. The van der Waals surface area contributed by atoms with Gasteiger partial charge in [0.05, 0.1) is 12.9 Å². The Labute approximate surface area is 141 Å². The molecule has 0 spiro atoms. The summed E-state index contributed by atoms with van der Waals surface area (Å²) in [5.74, 6) is 0.859. The fourth-order valence-electron chi connectivity index (χ4n) is 1.45. The van der Waals surface area contributed by atoms with Crippen LogP contribution in [0.25, 0.3) is 0 Å². The highest BCUT2D eigenvalue weighted by molar-refractivity contribution is 8.01. The predicted octanol–water partition coefficient (Wildman–Crippen LogP) is 2.03. The zero-order valence-corrected chi connectivity index (χ0v) is 14.1. The van der Waals surface area contributed by atoms with E-state index in [2.05, 4.69) is 26.1 Å². The number of hydrogen-bond donors (Lipinski definition) is 3. The highest BCUT2D eigenvalue weighted by Gasteiger charge is 2.10. The molecule has 8 nitrogen and oxygen atoms in total. The van der Waals surface area contributed by atoms with Gasteiger partial charge in [-0.25, -0.2) is 4.79 Å². The monoisotopic (exact) mass is 353 g/mol. The Bertz CT molecular complexity index is 675. The molecule has 3 N–H and O–H groups in total. The fraction of sp³-hybridized carbons (Fsp3) is 0.231. The van der Waals surface area contributed by atoms with E-state index in [0.29, 0.717) is 20.9 Å². The van der Waals surface area contributed by atoms with E-state index in [0.717, 1.165) is 0 Å². The molecule has 1 heterocycles. The van der Waals surface area contributed by atoms with Crippen molar-refractivity contribution >= 4 is 45.9 Å². The second kappa shape index (κ2) is 8.34. The van der Waals surface area contributed by atoms with Crippen molar-refractivity contribution < 1.29 is 14.3 Å². The number of nitrogens with one attached hydrogen (secondary N) is 3. The highest BCUT2D eigenvalue weighted by Crippen LogP contribution is 2.25. The quantitative estimate of drug-likeness (QED) is 0.542. The van der Waals surface area contributed by atoms with Gasteiger partial charge >= 0.3 is 6.03 Å². The molecule has 0 fully saturated rings. The van der Waals surface area contributed by atoms with Gasteiger partial charge in [0.25, 0.3) is 0 Å². The summed E-state index contributed by atoms with van der Waals surface area (Å²) in [5.41, 5.74) is 0.627. The van der Waals surface area contributed by atoms with Crippen LogP contribution in [0.15, 0.2) is 28.6 Å². The highest BCUT2D eigenvalue weighted by atomic mass is 32.2. The lowest BCUT2D eigenvalue weighted by Gasteiger charge is -2.05. The van der Waals surface area contributed by atoms with E-state index in [9.17, 15) is 9.59 Å². The van der Waals surface area contributed by atoms with Gasteiger partial charge in [-0.1, -0.05) is 23.1 Å². The van der Waals surface area contributed by atoms with Crippen molar-refractivity contribution in [1.29, 1.82) is 0 Å². The second-order valence-corrected chi connectivity index (χ2v) is 6.34. The maximum atomic E-state index is 11.9. The minimum atomic E-state index is -0.422. The van der Waals surface area contributed by atoms with Gasteiger partial charge in [-0.15, -0.1) is 10.2 Å². The standard InChI is InChI=1S/C13H15N5O3S2/c1-14-10(19)7-22-13-18-17-12(23-13)16-11(20)15-8-3-5-9(21-2)6-4-8/h3-6H,7H2,1-2H3,(H,14,19)(H2,15,16,17,20). The topological polar surface area (TPSA) is 105 Å². The zero-order chi connectivity index (χ0) is 16.7. The van der Waals surface area contributed by atoms with Crippen molar-refractivity contribution in [3.8, 4) is 5.75 Å². The number of hydrogen-bond acceptors (Lipinski definition) is 7. The molecule has 0 unspecified atom stereocenters. The molecule has 10 heteroatoms. The Balaban J connectivity index is 1.85.